The van der Waals surface area contributed by atoms with E-state index < -0.39 is 12.0 Å². The van der Waals surface area contributed by atoms with Gasteiger partial charge in [0.2, 0.25) is 0 Å². The number of para-hydroxylation sites is 1. The van der Waals surface area contributed by atoms with Crippen LogP contribution in [-0.2, 0) is 22.6 Å². The lowest BCUT2D eigenvalue weighted by atomic mass is 10.0. The zero-order valence-electron chi connectivity index (χ0n) is 13.7. The molecule has 0 aromatic heterocycles. The van der Waals surface area contributed by atoms with Gasteiger partial charge in [-0.15, -0.1) is 12.4 Å². The molecule has 2 N–H and O–H groups in total. The van der Waals surface area contributed by atoms with E-state index >= 15 is 0 Å². The quantitative estimate of drug-likeness (QED) is 0.777. The van der Waals surface area contributed by atoms with Gasteiger partial charge in [0.1, 0.15) is 12.6 Å². The molecular weight excluding hydrogens is 330 g/mol. The van der Waals surface area contributed by atoms with E-state index in [1.54, 1.807) is 7.11 Å². The third-order valence-corrected chi connectivity index (χ3v) is 3.45. The van der Waals surface area contributed by atoms with Crippen LogP contribution in [-0.4, -0.2) is 26.2 Å². The number of esters is 1. The summed E-state index contributed by atoms with van der Waals surface area (Å²) in [4.78, 5) is 11.5. The van der Waals surface area contributed by atoms with Crippen molar-refractivity contribution >= 4 is 18.4 Å². The maximum absolute atomic E-state index is 11.5. The first-order valence-electron chi connectivity index (χ1n) is 7.31. The van der Waals surface area contributed by atoms with Crippen LogP contribution in [0.15, 0.2) is 48.5 Å². The summed E-state index contributed by atoms with van der Waals surface area (Å²) in [5.41, 5.74) is 7.70. The second-order valence-corrected chi connectivity index (χ2v) is 5.06. The van der Waals surface area contributed by atoms with Gasteiger partial charge in [-0.2, -0.15) is 0 Å². The minimum atomic E-state index is -0.744. The number of hydrogen-bond donors (Lipinski definition) is 1. The second-order valence-electron chi connectivity index (χ2n) is 5.06. The first-order chi connectivity index (χ1) is 11.2. The maximum atomic E-state index is 11.5. The van der Waals surface area contributed by atoms with Crippen LogP contribution in [0.1, 0.15) is 11.1 Å². The Morgan fingerprint density at radius 1 is 1.08 bits per heavy atom. The molecule has 1 atom stereocenters. The van der Waals surface area contributed by atoms with Crippen molar-refractivity contribution in [3.63, 3.8) is 0 Å². The van der Waals surface area contributed by atoms with Gasteiger partial charge >= 0.3 is 5.97 Å². The van der Waals surface area contributed by atoms with E-state index in [-0.39, 0.29) is 12.4 Å². The van der Waals surface area contributed by atoms with E-state index in [1.165, 1.54) is 7.11 Å². The minimum absolute atomic E-state index is 0. The predicted molar refractivity (Wildman–Crippen MR) is 94.7 cm³/mol. The average molecular weight is 352 g/mol. The third kappa shape index (κ3) is 5.15. The normalized spacial score (nSPS) is 11.1. The fourth-order valence-electron chi connectivity index (χ4n) is 2.25. The van der Waals surface area contributed by atoms with Crippen molar-refractivity contribution in [1.82, 2.24) is 0 Å². The van der Waals surface area contributed by atoms with Crippen molar-refractivity contribution < 1.29 is 19.0 Å². The van der Waals surface area contributed by atoms with E-state index in [0.717, 1.165) is 11.1 Å². The number of ether oxygens (including phenoxy) is 3. The van der Waals surface area contributed by atoms with Crippen LogP contribution in [0.4, 0.5) is 0 Å². The lowest BCUT2D eigenvalue weighted by Gasteiger charge is -2.17. The Kier molecular flexibility index (Phi) is 8.09. The van der Waals surface area contributed by atoms with Crippen LogP contribution in [0, 0.1) is 0 Å². The van der Waals surface area contributed by atoms with Gasteiger partial charge in [0.25, 0.3) is 0 Å². The van der Waals surface area contributed by atoms with E-state index in [4.69, 9.17) is 15.2 Å². The highest BCUT2D eigenvalue weighted by Crippen LogP contribution is 2.32. The fourth-order valence-corrected chi connectivity index (χ4v) is 2.25. The smallest absolute Gasteiger partial charge is 0.322 e. The fraction of sp³-hybridized carbons (Fsp3) is 0.278. The van der Waals surface area contributed by atoms with Gasteiger partial charge in [-0.05, 0) is 11.6 Å². The van der Waals surface area contributed by atoms with Crippen molar-refractivity contribution in [3.05, 3.63) is 59.7 Å². The van der Waals surface area contributed by atoms with Gasteiger partial charge < -0.3 is 19.9 Å². The molecule has 6 heteroatoms. The van der Waals surface area contributed by atoms with E-state index in [1.807, 2.05) is 48.5 Å². The molecule has 0 saturated carbocycles. The number of hydrogen-bond acceptors (Lipinski definition) is 5. The molecular formula is C18H22ClNO4. The molecule has 2 rings (SSSR count). The lowest BCUT2D eigenvalue weighted by Crippen LogP contribution is -2.33. The highest BCUT2D eigenvalue weighted by atomic mass is 35.5. The standard InChI is InChI=1S/C18H21NO4.ClH/c1-21-16-10-6-9-14(11-15(19)18(20)22-2)17(16)23-12-13-7-4-3-5-8-13;/h3-10,15H,11-12,19H2,1-2H3;1H. The average Bonchev–Trinajstić information content (AvgIpc) is 2.60. The molecule has 0 fully saturated rings. The second kappa shape index (κ2) is 9.80. The largest absolute Gasteiger partial charge is 0.493 e. The first kappa shape index (κ1) is 19.8. The van der Waals surface area contributed by atoms with Crippen LogP contribution >= 0.6 is 12.4 Å². The molecule has 130 valence electrons. The van der Waals surface area contributed by atoms with Crippen LogP contribution in [0.25, 0.3) is 0 Å². The Balaban J connectivity index is 0.00000288. The van der Waals surface area contributed by atoms with Crippen molar-refractivity contribution in [2.75, 3.05) is 14.2 Å². The number of carbonyl (C=O) groups excluding carboxylic acids is 1. The van der Waals surface area contributed by atoms with Crippen molar-refractivity contribution in [1.29, 1.82) is 0 Å². The molecule has 1 unspecified atom stereocenters. The van der Waals surface area contributed by atoms with Gasteiger partial charge in [-0.25, -0.2) is 0 Å². The van der Waals surface area contributed by atoms with Gasteiger partial charge in [0, 0.05) is 12.0 Å². The Morgan fingerprint density at radius 2 is 1.79 bits per heavy atom. The molecule has 0 saturated heterocycles. The SMILES string of the molecule is COC(=O)C(N)Cc1cccc(OC)c1OCc1ccccc1.Cl. The van der Waals surface area contributed by atoms with Crippen molar-refractivity contribution in [2.24, 2.45) is 5.73 Å². The Morgan fingerprint density at radius 3 is 2.42 bits per heavy atom. The number of carbonyl (C=O) groups is 1. The molecule has 0 amide bonds. The Bertz CT molecular complexity index is 649. The highest BCUT2D eigenvalue weighted by molar-refractivity contribution is 5.85. The molecule has 5 nitrogen and oxygen atoms in total. The summed E-state index contributed by atoms with van der Waals surface area (Å²) in [7, 11) is 2.90. The molecule has 0 aliphatic carbocycles. The molecule has 2 aromatic rings. The molecule has 2 aromatic carbocycles. The summed E-state index contributed by atoms with van der Waals surface area (Å²) < 4.78 is 16.0. The van der Waals surface area contributed by atoms with Gasteiger partial charge in [-0.1, -0.05) is 42.5 Å². The van der Waals surface area contributed by atoms with E-state index in [2.05, 4.69) is 4.74 Å². The molecule has 0 spiro atoms. The summed E-state index contributed by atoms with van der Waals surface area (Å²) >= 11 is 0. The Labute approximate surface area is 148 Å². The number of nitrogens with two attached hydrogens (primary N) is 1. The third-order valence-electron chi connectivity index (χ3n) is 3.45. The number of benzene rings is 2. The lowest BCUT2D eigenvalue weighted by molar-refractivity contribution is -0.142. The summed E-state index contributed by atoms with van der Waals surface area (Å²) in [6.45, 7) is 0.404. The first-order valence-corrected chi connectivity index (χ1v) is 7.31. The molecule has 0 aliphatic heterocycles. The van der Waals surface area contributed by atoms with Gasteiger partial charge in [0.05, 0.1) is 14.2 Å². The topological polar surface area (TPSA) is 70.8 Å². The van der Waals surface area contributed by atoms with E-state index in [9.17, 15) is 4.79 Å². The van der Waals surface area contributed by atoms with Gasteiger partial charge in [-0.3, -0.25) is 4.79 Å². The maximum Gasteiger partial charge on any atom is 0.322 e. The Hall–Kier alpha value is -2.24. The van der Waals surface area contributed by atoms with Gasteiger partial charge in [0.15, 0.2) is 11.5 Å². The van der Waals surface area contributed by atoms with Crippen LogP contribution in [0.3, 0.4) is 0 Å². The van der Waals surface area contributed by atoms with Crippen molar-refractivity contribution in [3.8, 4) is 11.5 Å². The molecule has 24 heavy (non-hydrogen) atoms. The minimum Gasteiger partial charge on any atom is -0.493 e. The molecule has 0 bridgehead atoms. The van der Waals surface area contributed by atoms with Crippen LogP contribution in [0.2, 0.25) is 0 Å². The van der Waals surface area contributed by atoms with Crippen molar-refractivity contribution in [2.45, 2.75) is 19.1 Å². The molecule has 0 heterocycles. The van der Waals surface area contributed by atoms with E-state index in [0.29, 0.717) is 24.5 Å². The summed E-state index contributed by atoms with van der Waals surface area (Å²) in [6, 6.07) is 14.6. The predicted octanol–water partition coefficient (Wildman–Crippen LogP) is 2.74. The van der Waals surface area contributed by atoms with Crippen LogP contribution in [0.5, 0.6) is 11.5 Å². The monoisotopic (exact) mass is 351 g/mol. The summed E-state index contributed by atoms with van der Waals surface area (Å²) in [6.07, 6.45) is 0.313. The van der Waals surface area contributed by atoms with Crippen LogP contribution < -0.4 is 15.2 Å². The number of methoxy groups -OCH3 is 2. The summed E-state index contributed by atoms with van der Waals surface area (Å²) in [5, 5.41) is 0. The zero-order valence-corrected chi connectivity index (χ0v) is 14.5. The number of rotatable bonds is 7. The zero-order chi connectivity index (χ0) is 16.7. The number of halogens is 1. The molecule has 0 aliphatic rings. The molecule has 0 radical (unpaired) electrons. The summed E-state index contributed by atoms with van der Waals surface area (Å²) in [5.74, 6) is 0.746. The highest BCUT2D eigenvalue weighted by Gasteiger charge is 2.19.